The van der Waals surface area contributed by atoms with Crippen LogP contribution in [0.3, 0.4) is 0 Å². The molecule has 0 aliphatic carbocycles. The fourth-order valence-electron chi connectivity index (χ4n) is 2.54. The molecule has 2 saturated heterocycles. The van der Waals surface area contributed by atoms with Crippen molar-refractivity contribution in [3.63, 3.8) is 0 Å². The first-order valence-corrected chi connectivity index (χ1v) is 7.18. The first-order valence-electron chi connectivity index (χ1n) is 6.80. The molecule has 8 heteroatoms. The van der Waals surface area contributed by atoms with Crippen LogP contribution in [0.5, 0.6) is 0 Å². The number of halogens is 1. The molecular weight excluding hydrogens is 294 g/mol. The first kappa shape index (κ1) is 14.1. The number of nitrogens with zero attached hydrogens (tertiary/aromatic N) is 3. The van der Waals surface area contributed by atoms with Gasteiger partial charge in [-0.25, -0.2) is 9.78 Å². The van der Waals surface area contributed by atoms with Crippen molar-refractivity contribution in [2.24, 2.45) is 0 Å². The number of hydrogen-bond donors (Lipinski definition) is 2. The number of amides is 3. The topological polar surface area (TPSA) is 77.6 Å². The lowest BCUT2D eigenvalue weighted by molar-refractivity contribution is -0.118. The van der Waals surface area contributed by atoms with Gasteiger partial charge in [-0.1, -0.05) is 11.6 Å². The van der Waals surface area contributed by atoms with E-state index in [2.05, 4.69) is 15.6 Å². The van der Waals surface area contributed by atoms with Crippen LogP contribution in [0.15, 0.2) is 18.3 Å². The van der Waals surface area contributed by atoms with Crippen molar-refractivity contribution < 1.29 is 9.59 Å². The van der Waals surface area contributed by atoms with Gasteiger partial charge >= 0.3 is 6.03 Å². The highest BCUT2D eigenvalue weighted by atomic mass is 35.5. The van der Waals surface area contributed by atoms with Gasteiger partial charge in [0.2, 0.25) is 5.91 Å². The number of carbonyl (C=O) groups is 2. The minimum absolute atomic E-state index is 0.00512. The van der Waals surface area contributed by atoms with Gasteiger partial charge in [-0.2, -0.15) is 0 Å². The Kier molecular flexibility index (Phi) is 3.94. The number of urea groups is 1. The molecule has 0 radical (unpaired) electrons. The average Bonchev–Trinajstić information content (AvgIpc) is 2.82. The van der Waals surface area contributed by atoms with Crippen molar-refractivity contribution in [2.45, 2.75) is 6.04 Å². The number of aromatic nitrogens is 1. The summed E-state index contributed by atoms with van der Waals surface area (Å²) >= 11 is 5.73. The Bertz CT molecular complexity index is 544. The van der Waals surface area contributed by atoms with Gasteiger partial charge in [-0.3, -0.25) is 9.69 Å². The highest BCUT2D eigenvalue weighted by molar-refractivity contribution is 6.30. The van der Waals surface area contributed by atoms with Crippen LogP contribution in [0.25, 0.3) is 0 Å². The summed E-state index contributed by atoms with van der Waals surface area (Å²) in [6, 6.07) is 3.55. The molecule has 0 bridgehead atoms. The Morgan fingerprint density at radius 2 is 2.29 bits per heavy atom. The fraction of sp³-hybridized carbons (Fsp3) is 0.462. The minimum Gasteiger partial charge on any atom is -0.336 e. The lowest BCUT2D eigenvalue weighted by atomic mass is 10.1. The summed E-state index contributed by atoms with van der Waals surface area (Å²) in [7, 11) is 0. The summed E-state index contributed by atoms with van der Waals surface area (Å²) in [4.78, 5) is 31.2. The number of rotatable bonds is 4. The number of nitrogens with one attached hydrogen (secondary N) is 2. The zero-order chi connectivity index (χ0) is 14.8. The smallest absolute Gasteiger partial charge is 0.317 e. The number of pyridine rings is 1. The molecule has 3 heterocycles. The number of carbonyl (C=O) groups excluding carboxylic acids is 2. The van der Waals surface area contributed by atoms with E-state index in [1.165, 1.54) is 6.20 Å². The maximum atomic E-state index is 11.9. The van der Waals surface area contributed by atoms with E-state index in [1.54, 1.807) is 12.1 Å². The van der Waals surface area contributed by atoms with Crippen LogP contribution in [0, 0.1) is 0 Å². The van der Waals surface area contributed by atoms with E-state index in [1.807, 2.05) is 9.80 Å². The Morgan fingerprint density at radius 3 is 2.90 bits per heavy atom. The molecule has 0 saturated carbocycles. The van der Waals surface area contributed by atoms with Crippen molar-refractivity contribution in [2.75, 3.05) is 38.0 Å². The van der Waals surface area contributed by atoms with E-state index in [4.69, 9.17) is 11.6 Å². The monoisotopic (exact) mass is 309 g/mol. The molecule has 3 amide bonds. The summed E-state index contributed by atoms with van der Waals surface area (Å²) in [6.07, 6.45) is 1.49. The van der Waals surface area contributed by atoms with Crippen molar-refractivity contribution in [1.29, 1.82) is 0 Å². The quantitative estimate of drug-likeness (QED) is 0.843. The molecule has 2 fully saturated rings. The van der Waals surface area contributed by atoms with E-state index >= 15 is 0 Å². The summed E-state index contributed by atoms with van der Waals surface area (Å²) in [5, 5.41) is 6.03. The number of anilines is 1. The molecule has 112 valence electrons. The molecule has 7 nitrogen and oxygen atoms in total. The van der Waals surface area contributed by atoms with E-state index in [9.17, 15) is 9.59 Å². The first-order chi connectivity index (χ1) is 10.1. The third-order valence-electron chi connectivity index (χ3n) is 3.63. The predicted octanol–water partition coefficient (Wildman–Crippen LogP) is 0.383. The summed E-state index contributed by atoms with van der Waals surface area (Å²) in [5.41, 5.74) is 0. The summed E-state index contributed by atoms with van der Waals surface area (Å²) in [5.74, 6) is 0.370. The number of likely N-dealkylation sites (tertiary alicyclic amines) is 1. The van der Waals surface area contributed by atoms with Crippen LogP contribution in [0.2, 0.25) is 5.02 Å². The fourth-order valence-corrected chi connectivity index (χ4v) is 2.65. The van der Waals surface area contributed by atoms with Gasteiger partial charge in [0.1, 0.15) is 5.82 Å². The molecule has 0 atom stereocenters. The Morgan fingerprint density at radius 1 is 1.48 bits per heavy atom. The maximum Gasteiger partial charge on any atom is 0.317 e. The van der Waals surface area contributed by atoms with Crippen molar-refractivity contribution >= 4 is 29.4 Å². The Hall–Kier alpha value is -1.86. The van der Waals surface area contributed by atoms with Crippen molar-refractivity contribution in [1.82, 2.24) is 20.1 Å². The van der Waals surface area contributed by atoms with E-state index in [0.29, 0.717) is 23.9 Å². The molecule has 3 rings (SSSR count). The van der Waals surface area contributed by atoms with Crippen LogP contribution < -0.4 is 10.6 Å². The van der Waals surface area contributed by atoms with E-state index in [-0.39, 0.29) is 18.0 Å². The number of hydrogen-bond acceptors (Lipinski definition) is 4. The molecule has 1 aromatic rings. The van der Waals surface area contributed by atoms with Gasteiger partial charge in [0, 0.05) is 32.4 Å². The third kappa shape index (κ3) is 3.25. The summed E-state index contributed by atoms with van der Waals surface area (Å²) < 4.78 is 0. The highest BCUT2D eigenvalue weighted by Crippen LogP contribution is 2.16. The van der Waals surface area contributed by atoms with Crippen LogP contribution in [-0.2, 0) is 4.79 Å². The lowest BCUT2D eigenvalue weighted by Crippen LogP contribution is -2.61. The van der Waals surface area contributed by atoms with Gasteiger partial charge in [0.05, 0.1) is 17.6 Å². The third-order valence-corrected chi connectivity index (χ3v) is 3.85. The second kappa shape index (κ2) is 5.87. The standard InChI is InChI=1S/C13H16ClN5O2/c14-9-1-2-11(16-5-9)17-12(20)8-18-6-10(7-18)19-4-3-15-13(19)21/h1-2,5,10H,3-4,6-8H2,(H,15,21)(H,16,17,20). The largest absolute Gasteiger partial charge is 0.336 e. The van der Waals surface area contributed by atoms with Crippen LogP contribution in [0.4, 0.5) is 10.6 Å². The minimum atomic E-state index is -0.117. The van der Waals surface area contributed by atoms with Crippen LogP contribution >= 0.6 is 11.6 Å². The van der Waals surface area contributed by atoms with Gasteiger partial charge in [-0.15, -0.1) is 0 Å². The van der Waals surface area contributed by atoms with E-state index in [0.717, 1.165) is 19.6 Å². The molecule has 1 aromatic heterocycles. The Balaban J connectivity index is 1.43. The molecular formula is C13H16ClN5O2. The SMILES string of the molecule is O=C(CN1CC(N2CCNC2=O)C1)Nc1ccc(Cl)cn1. The molecule has 0 unspecified atom stereocenters. The van der Waals surface area contributed by atoms with Gasteiger partial charge in [0.25, 0.3) is 0 Å². The lowest BCUT2D eigenvalue weighted by Gasteiger charge is -2.42. The second-order valence-corrected chi connectivity index (χ2v) is 5.62. The molecule has 2 aliphatic heterocycles. The molecule has 0 aromatic carbocycles. The van der Waals surface area contributed by atoms with E-state index < -0.39 is 0 Å². The zero-order valence-corrected chi connectivity index (χ0v) is 12.1. The van der Waals surface area contributed by atoms with Crippen molar-refractivity contribution in [3.8, 4) is 0 Å². The van der Waals surface area contributed by atoms with Crippen LogP contribution in [-0.4, -0.2) is 65.5 Å². The van der Waals surface area contributed by atoms with Gasteiger partial charge < -0.3 is 15.5 Å². The summed E-state index contributed by atoms with van der Waals surface area (Å²) in [6.45, 7) is 3.22. The zero-order valence-electron chi connectivity index (χ0n) is 11.4. The molecule has 0 spiro atoms. The molecule has 2 N–H and O–H groups in total. The molecule has 21 heavy (non-hydrogen) atoms. The van der Waals surface area contributed by atoms with Gasteiger partial charge in [-0.05, 0) is 12.1 Å². The maximum absolute atomic E-state index is 11.9. The predicted molar refractivity (Wildman–Crippen MR) is 78.2 cm³/mol. The van der Waals surface area contributed by atoms with Crippen molar-refractivity contribution in [3.05, 3.63) is 23.4 Å². The normalized spacial score (nSPS) is 19.3. The average molecular weight is 310 g/mol. The highest BCUT2D eigenvalue weighted by Gasteiger charge is 2.37. The van der Waals surface area contributed by atoms with Crippen LogP contribution in [0.1, 0.15) is 0 Å². The Labute approximate surface area is 127 Å². The second-order valence-electron chi connectivity index (χ2n) is 5.18. The molecule has 2 aliphatic rings. The van der Waals surface area contributed by atoms with Gasteiger partial charge in [0.15, 0.2) is 0 Å².